The third kappa shape index (κ3) is 5.73. The second-order valence-corrected chi connectivity index (χ2v) is 9.12. The van der Waals surface area contributed by atoms with Crippen LogP contribution in [0.25, 0.3) is 33.7 Å². The number of rotatable bonds is 0. The quantitative estimate of drug-likeness (QED) is 0.243. The molecule has 0 saturated carbocycles. The SMILES string of the molecule is C1=CCC=C1.C1=CCC=C1.C1=Cc2cccc3cccc(c23)C1.C1=Cc2cccc3cccc(c23)C1. The molecular weight excluding hydrogens is 432 g/mol. The molecule has 0 saturated heterocycles. The van der Waals surface area contributed by atoms with Gasteiger partial charge in [0.15, 0.2) is 0 Å². The molecule has 4 aliphatic carbocycles. The molecule has 0 unspecified atom stereocenters. The highest BCUT2D eigenvalue weighted by molar-refractivity contribution is 5.95. The smallest absolute Gasteiger partial charge is 0.00763 e. The lowest BCUT2D eigenvalue weighted by molar-refractivity contribution is 1.29. The largest absolute Gasteiger partial charge is 0.0808 e. The molecule has 0 heterocycles. The van der Waals surface area contributed by atoms with Crippen molar-refractivity contribution in [1.82, 2.24) is 0 Å². The summed E-state index contributed by atoms with van der Waals surface area (Å²) in [5.41, 5.74) is 5.63. The zero-order valence-electron chi connectivity index (χ0n) is 20.7. The fraction of sp³-hybridized carbons (Fsp3) is 0.111. The van der Waals surface area contributed by atoms with Gasteiger partial charge in [-0.15, -0.1) is 0 Å². The van der Waals surface area contributed by atoms with Crippen LogP contribution in [0, 0.1) is 0 Å². The first-order valence-electron chi connectivity index (χ1n) is 12.9. The third-order valence-electron chi connectivity index (χ3n) is 6.63. The molecule has 0 bridgehead atoms. The van der Waals surface area contributed by atoms with Gasteiger partial charge in [-0.25, -0.2) is 0 Å². The number of hydrogen-bond acceptors (Lipinski definition) is 0. The maximum Gasteiger partial charge on any atom is -0.00763 e. The Hall–Kier alpha value is -4.16. The normalized spacial score (nSPS) is 14.7. The van der Waals surface area contributed by atoms with E-state index in [1.807, 2.05) is 0 Å². The molecule has 0 fully saturated rings. The molecule has 176 valence electrons. The van der Waals surface area contributed by atoms with E-state index < -0.39 is 0 Å². The van der Waals surface area contributed by atoms with Crippen LogP contribution in [0.1, 0.15) is 35.1 Å². The molecule has 0 atom stereocenters. The summed E-state index contributed by atoms with van der Waals surface area (Å²) < 4.78 is 0. The van der Waals surface area contributed by atoms with Crippen molar-refractivity contribution in [1.29, 1.82) is 0 Å². The summed E-state index contributed by atoms with van der Waals surface area (Å²) in [6.45, 7) is 0. The van der Waals surface area contributed by atoms with Crippen LogP contribution in [-0.4, -0.2) is 0 Å². The van der Waals surface area contributed by atoms with Crippen molar-refractivity contribution in [2.45, 2.75) is 25.7 Å². The Labute approximate surface area is 215 Å². The van der Waals surface area contributed by atoms with Gasteiger partial charge < -0.3 is 0 Å². The van der Waals surface area contributed by atoms with E-state index in [9.17, 15) is 0 Å². The molecular formula is C36H32. The lowest BCUT2D eigenvalue weighted by Crippen LogP contribution is -1.91. The molecule has 8 rings (SSSR count). The van der Waals surface area contributed by atoms with Crippen LogP contribution in [0.4, 0.5) is 0 Å². The summed E-state index contributed by atoms with van der Waals surface area (Å²) in [5, 5.41) is 5.60. The molecule has 0 nitrogen and oxygen atoms in total. The predicted molar refractivity (Wildman–Crippen MR) is 159 cm³/mol. The molecule has 0 N–H and O–H groups in total. The Bertz CT molecular complexity index is 1370. The van der Waals surface area contributed by atoms with Gasteiger partial charge in [0.2, 0.25) is 0 Å². The number of allylic oxidation sites excluding steroid dienone is 10. The predicted octanol–water partition coefficient (Wildman–Crippen LogP) is 9.82. The van der Waals surface area contributed by atoms with Crippen LogP contribution >= 0.6 is 0 Å². The minimum Gasteiger partial charge on any atom is -0.0808 e. The van der Waals surface area contributed by atoms with Crippen molar-refractivity contribution in [3.05, 3.63) is 156 Å². The molecule has 0 amide bonds. The van der Waals surface area contributed by atoms with Crippen molar-refractivity contribution in [2.75, 3.05) is 0 Å². The number of benzene rings is 4. The monoisotopic (exact) mass is 464 g/mol. The highest BCUT2D eigenvalue weighted by Gasteiger charge is 2.07. The van der Waals surface area contributed by atoms with E-state index in [0.717, 1.165) is 25.7 Å². The van der Waals surface area contributed by atoms with Crippen LogP contribution in [0.3, 0.4) is 0 Å². The van der Waals surface area contributed by atoms with Crippen LogP contribution < -0.4 is 0 Å². The van der Waals surface area contributed by atoms with Crippen LogP contribution in [0.15, 0.2) is 134 Å². The maximum atomic E-state index is 2.23. The summed E-state index contributed by atoms with van der Waals surface area (Å²) in [5.74, 6) is 0. The van der Waals surface area contributed by atoms with Gasteiger partial charge in [0, 0.05) is 0 Å². The Balaban J connectivity index is 0.000000108. The maximum absolute atomic E-state index is 2.23. The molecule has 4 aromatic carbocycles. The lowest BCUT2D eigenvalue weighted by Gasteiger charge is -2.11. The Morgan fingerprint density at radius 1 is 0.389 bits per heavy atom. The zero-order valence-corrected chi connectivity index (χ0v) is 20.7. The van der Waals surface area contributed by atoms with Gasteiger partial charge in [0.25, 0.3) is 0 Å². The minimum atomic E-state index is 1.08. The second kappa shape index (κ2) is 12.0. The topological polar surface area (TPSA) is 0 Å². The molecule has 4 aliphatic rings. The van der Waals surface area contributed by atoms with E-state index in [1.165, 1.54) is 43.8 Å². The van der Waals surface area contributed by atoms with Gasteiger partial charge >= 0.3 is 0 Å². The first-order valence-corrected chi connectivity index (χ1v) is 12.9. The summed E-state index contributed by atoms with van der Waals surface area (Å²) in [6.07, 6.45) is 30.1. The zero-order chi connectivity index (χ0) is 24.4. The van der Waals surface area contributed by atoms with Gasteiger partial charge in [0.1, 0.15) is 0 Å². The van der Waals surface area contributed by atoms with Crippen molar-refractivity contribution in [3.63, 3.8) is 0 Å². The van der Waals surface area contributed by atoms with E-state index in [1.54, 1.807) is 0 Å². The lowest BCUT2D eigenvalue weighted by atomic mass is 9.93. The van der Waals surface area contributed by atoms with E-state index in [2.05, 4.69) is 146 Å². The van der Waals surface area contributed by atoms with Gasteiger partial charge in [-0.05, 0) is 69.5 Å². The molecule has 0 heteroatoms. The van der Waals surface area contributed by atoms with Crippen molar-refractivity contribution in [2.24, 2.45) is 0 Å². The molecule has 0 aromatic heterocycles. The first-order chi connectivity index (χ1) is 17.9. The van der Waals surface area contributed by atoms with Gasteiger partial charge in [-0.1, -0.05) is 146 Å². The second-order valence-electron chi connectivity index (χ2n) is 9.12. The van der Waals surface area contributed by atoms with E-state index in [4.69, 9.17) is 0 Å². The van der Waals surface area contributed by atoms with E-state index in [-0.39, 0.29) is 0 Å². The minimum absolute atomic E-state index is 1.08. The van der Waals surface area contributed by atoms with Crippen LogP contribution in [0.2, 0.25) is 0 Å². The van der Waals surface area contributed by atoms with Crippen LogP contribution in [0.5, 0.6) is 0 Å². The highest BCUT2D eigenvalue weighted by Crippen LogP contribution is 2.28. The Morgan fingerprint density at radius 2 is 0.778 bits per heavy atom. The van der Waals surface area contributed by atoms with E-state index in [0.29, 0.717) is 0 Å². The fourth-order valence-electron chi connectivity index (χ4n) is 4.93. The van der Waals surface area contributed by atoms with E-state index >= 15 is 0 Å². The molecule has 0 aliphatic heterocycles. The van der Waals surface area contributed by atoms with Gasteiger partial charge in [0.05, 0.1) is 0 Å². The highest BCUT2D eigenvalue weighted by atomic mass is 14.1. The Morgan fingerprint density at radius 3 is 1.14 bits per heavy atom. The van der Waals surface area contributed by atoms with Gasteiger partial charge in [-0.2, -0.15) is 0 Å². The average Bonchev–Trinajstić information content (AvgIpc) is 3.71. The molecule has 0 radical (unpaired) electrons. The van der Waals surface area contributed by atoms with Crippen molar-refractivity contribution < 1.29 is 0 Å². The fourth-order valence-corrected chi connectivity index (χ4v) is 4.93. The standard InChI is InChI=1S/2C13H10.2C5H6/c2*1-4-10-6-2-8-12-9-3-7-11(5-1)13(10)12;2*1-2-4-5-3-1/h2*1-8H,9H2;2*1-4H,5H2. The van der Waals surface area contributed by atoms with Crippen molar-refractivity contribution >= 4 is 33.7 Å². The summed E-state index contributed by atoms with van der Waals surface area (Å²) in [7, 11) is 0. The Kier molecular flexibility index (Phi) is 7.86. The van der Waals surface area contributed by atoms with Crippen molar-refractivity contribution in [3.8, 4) is 0 Å². The summed E-state index contributed by atoms with van der Waals surface area (Å²) in [4.78, 5) is 0. The summed E-state index contributed by atoms with van der Waals surface area (Å²) >= 11 is 0. The molecule has 4 aromatic rings. The molecule has 0 spiro atoms. The molecule has 36 heavy (non-hydrogen) atoms. The van der Waals surface area contributed by atoms with Gasteiger partial charge in [-0.3, -0.25) is 0 Å². The average molecular weight is 465 g/mol. The summed E-state index contributed by atoms with van der Waals surface area (Å²) in [6, 6.07) is 26.1. The number of hydrogen-bond donors (Lipinski definition) is 0. The first kappa shape index (κ1) is 23.6. The van der Waals surface area contributed by atoms with Crippen LogP contribution in [-0.2, 0) is 12.8 Å². The third-order valence-corrected chi connectivity index (χ3v) is 6.63.